The first kappa shape index (κ1) is 15.0. The molecule has 1 amide bonds. The number of ether oxygens (including phenoxy) is 1. The van der Waals surface area contributed by atoms with Crippen LogP contribution >= 0.6 is 0 Å². The summed E-state index contributed by atoms with van der Waals surface area (Å²) in [6.07, 6.45) is 6.03. The maximum Gasteiger partial charge on any atom is 0.240 e. The van der Waals surface area contributed by atoms with Gasteiger partial charge in [0.25, 0.3) is 0 Å². The molecule has 0 radical (unpaired) electrons. The lowest BCUT2D eigenvalue weighted by atomic mass is 10.1. The molecule has 0 saturated heterocycles. The molecular formula is C17H18N4O2. The molecule has 0 aliphatic rings. The number of benzene rings is 1. The van der Waals surface area contributed by atoms with Crippen molar-refractivity contribution in [2.24, 2.45) is 7.05 Å². The number of nitrogens with zero attached hydrogens (tertiary/aromatic N) is 3. The predicted molar refractivity (Wildman–Crippen MR) is 88.5 cm³/mol. The van der Waals surface area contributed by atoms with Gasteiger partial charge in [-0.25, -0.2) is 4.98 Å². The molecule has 6 heteroatoms. The smallest absolute Gasteiger partial charge is 0.240 e. The highest BCUT2D eigenvalue weighted by molar-refractivity contribution is 5.92. The predicted octanol–water partition coefficient (Wildman–Crippen LogP) is 2.55. The Morgan fingerprint density at radius 2 is 2.17 bits per heavy atom. The number of amides is 1. The molecule has 6 nitrogen and oxygen atoms in total. The van der Waals surface area contributed by atoms with Crippen LogP contribution in [0.2, 0.25) is 0 Å². The number of para-hydroxylation sites is 1. The number of aromatic nitrogens is 3. The van der Waals surface area contributed by atoms with Crippen LogP contribution < -0.4 is 10.1 Å². The molecule has 23 heavy (non-hydrogen) atoms. The zero-order chi connectivity index (χ0) is 16.2. The summed E-state index contributed by atoms with van der Waals surface area (Å²) in [6, 6.07) is 8.18. The topological polar surface area (TPSA) is 69.0 Å². The minimum Gasteiger partial charge on any atom is -0.479 e. The summed E-state index contributed by atoms with van der Waals surface area (Å²) >= 11 is 0. The molecule has 118 valence electrons. The summed E-state index contributed by atoms with van der Waals surface area (Å²) in [7, 11) is 3.52. The fourth-order valence-electron chi connectivity index (χ4n) is 2.65. The van der Waals surface area contributed by atoms with Gasteiger partial charge in [0.1, 0.15) is 12.0 Å². The normalized spacial score (nSPS) is 10.7. The van der Waals surface area contributed by atoms with Gasteiger partial charge in [0.15, 0.2) is 0 Å². The summed E-state index contributed by atoms with van der Waals surface area (Å²) in [5, 5.41) is 3.97. The highest BCUT2D eigenvalue weighted by atomic mass is 16.5. The largest absolute Gasteiger partial charge is 0.479 e. The van der Waals surface area contributed by atoms with E-state index >= 15 is 0 Å². The molecule has 2 aromatic heterocycles. The molecule has 3 rings (SSSR count). The summed E-state index contributed by atoms with van der Waals surface area (Å²) in [6.45, 7) is 0. The molecule has 0 atom stereocenters. The number of carbonyl (C=O) groups is 1. The van der Waals surface area contributed by atoms with E-state index in [-0.39, 0.29) is 5.91 Å². The lowest BCUT2D eigenvalue weighted by Gasteiger charge is -2.07. The standard InChI is InChI=1S/C17H18N4O2/c1-21-10-12(13-5-3-4-6-15(13)21)7-8-16(22)20-14-9-18-11-19-17(14)23-2/h3-6,9-11H,7-8H2,1-2H3,(H,20,22). The van der Waals surface area contributed by atoms with Gasteiger partial charge in [-0.3, -0.25) is 4.79 Å². The Hall–Kier alpha value is -2.89. The maximum absolute atomic E-state index is 12.2. The van der Waals surface area contributed by atoms with Crippen LogP contribution in [0.5, 0.6) is 5.88 Å². The number of anilines is 1. The molecule has 0 aliphatic carbocycles. The molecular weight excluding hydrogens is 292 g/mol. The summed E-state index contributed by atoms with van der Waals surface area (Å²) < 4.78 is 7.18. The van der Waals surface area contributed by atoms with Crippen molar-refractivity contribution in [1.29, 1.82) is 0 Å². The van der Waals surface area contributed by atoms with Gasteiger partial charge in [-0.05, 0) is 18.1 Å². The minimum absolute atomic E-state index is 0.0916. The zero-order valence-electron chi connectivity index (χ0n) is 13.1. The SMILES string of the molecule is COc1ncncc1NC(=O)CCc1cn(C)c2ccccc12. The second-order valence-electron chi connectivity index (χ2n) is 5.28. The molecule has 3 aromatic rings. The first-order valence-electron chi connectivity index (χ1n) is 7.36. The fourth-order valence-corrected chi connectivity index (χ4v) is 2.65. The number of methoxy groups -OCH3 is 1. The number of hydrogen-bond donors (Lipinski definition) is 1. The number of aryl methyl sites for hydroxylation is 2. The molecule has 2 heterocycles. The van der Waals surface area contributed by atoms with Crippen molar-refractivity contribution in [3.8, 4) is 5.88 Å². The summed E-state index contributed by atoms with van der Waals surface area (Å²) in [5.41, 5.74) is 2.81. The van der Waals surface area contributed by atoms with Crippen molar-refractivity contribution in [3.63, 3.8) is 0 Å². The lowest BCUT2D eigenvalue weighted by molar-refractivity contribution is -0.116. The highest BCUT2D eigenvalue weighted by Gasteiger charge is 2.11. The molecule has 0 unspecified atom stereocenters. The molecule has 0 bridgehead atoms. The van der Waals surface area contributed by atoms with Crippen molar-refractivity contribution >= 4 is 22.5 Å². The van der Waals surface area contributed by atoms with Gasteiger partial charge in [-0.2, -0.15) is 4.98 Å². The van der Waals surface area contributed by atoms with E-state index in [9.17, 15) is 4.79 Å². The third-order valence-corrected chi connectivity index (χ3v) is 3.74. The summed E-state index contributed by atoms with van der Waals surface area (Å²) in [5.74, 6) is 0.268. The maximum atomic E-state index is 12.2. The molecule has 0 spiro atoms. The Kier molecular flexibility index (Phi) is 4.23. The average Bonchev–Trinajstić information content (AvgIpc) is 2.90. The Morgan fingerprint density at radius 1 is 1.35 bits per heavy atom. The second kappa shape index (κ2) is 6.48. The van der Waals surface area contributed by atoms with Crippen molar-refractivity contribution in [3.05, 3.63) is 48.5 Å². The minimum atomic E-state index is -0.0916. The van der Waals surface area contributed by atoms with E-state index in [1.54, 1.807) is 0 Å². The molecule has 1 aromatic carbocycles. The molecule has 0 aliphatic heterocycles. The van der Waals surface area contributed by atoms with E-state index in [2.05, 4.69) is 38.2 Å². The zero-order valence-corrected chi connectivity index (χ0v) is 13.1. The first-order chi connectivity index (χ1) is 11.2. The average molecular weight is 310 g/mol. The number of rotatable bonds is 5. The van der Waals surface area contributed by atoms with Gasteiger partial charge in [0.05, 0.1) is 13.3 Å². The quantitative estimate of drug-likeness (QED) is 0.786. The third-order valence-electron chi connectivity index (χ3n) is 3.74. The highest BCUT2D eigenvalue weighted by Crippen LogP contribution is 2.22. The van der Waals surface area contributed by atoms with Crippen molar-refractivity contribution in [2.45, 2.75) is 12.8 Å². The lowest BCUT2D eigenvalue weighted by Crippen LogP contribution is -2.13. The van der Waals surface area contributed by atoms with Crippen LogP contribution in [0.4, 0.5) is 5.69 Å². The molecule has 0 saturated carbocycles. The Morgan fingerprint density at radius 3 is 3.00 bits per heavy atom. The van der Waals surface area contributed by atoms with Gasteiger partial charge >= 0.3 is 0 Å². The van der Waals surface area contributed by atoms with E-state index in [4.69, 9.17) is 4.74 Å². The van der Waals surface area contributed by atoms with Crippen molar-refractivity contribution < 1.29 is 9.53 Å². The van der Waals surface area contributed by atoms with E-state index in [1.807, 2.05) is 19.2 Å². The van der Waals surface area contributed by atoms with Gasteiger partial charge in [-0.1, -0.05) is 18.2 Å². The summed E-state index contributed by atoms with van der Waals surface area (Å²) in [4.78, 5) is 20.0. The van der Waals surface area contributed by atoms with Crippen LogP contribution in [-0.4, -0.2) is 27.6 Å². The molecule has 1 N–H and O–H groups in total. The van der Waals surface area contributed by atoms with E-state index in [0.717, 1.165) is 5.56 Å². The third kappa shape index (κ3) is 3.15. The van der Waals surface area contributed by atoms with Crippen molar-refractivity contribution in [2.75, 3.05) is 12.4 Å². The number of fused-ring (bicyclic) bond motifs is 1. The van der Waals surface area contributed by atoms with Crippen LogP contribution in [0.1, 0.15) is 12.0 Å². The Bertz CT molecular complexity index is 841. The number of nitrogens with one attached hydrogen (secondary N) is 1. The van der Waals surface area contributed by atoms with Crippen LogP contribution in [0.3, 0.4) is 0 Å². The first-order valence-corrected chi connectivity index (χ1v) is 7.36. The van der Waals surface area contributed by atoms with E-state index in [1.165, 1.54) is 30.5 Å². The van der Waals surface area contributed by atoms with Crippen LogP contribution in [0.25, 0.3) is 10.9 Å². The Balaban J connectivity index is 1.69. The van der Waals surface area contributed by atoms with Gasteiger partial charge < -0.3 is 14.6 Å². The Labute approximate surface area is 134 Å². The molecule has 0 fully saturated rings. The van der Waals surface area contributed by atoms with E-state index in [0.29, 0.717) is 24.4 Å². The van der Waals surface area contributed by atoms with Gasteiger partial charge in [0.2, 0.25) is 11.8 Å². The van der Waals surface area contributed by atoms with Crippen LogP contribution in [0.15, 0.2) is 43.0 Å². The number of hydrogen-bond acceptors (Lipinski definition) is 4. The second-order valence-corrected chi connectivity index (χ2v) is 5.28. The van der Waals surface area contributed by atoms with Gasteiger partial charge in [0, 0.05) is 30.6 Å². The monoisotopic (exact) mass is 310 g/mol. The van der Waals surface area contributed by atoms with Crippen LogP contribution in [-0.2, 0) is 18.3 Å². The fraction of sp³-hybridized carbons (Fsp3) is 0.235. The van der Waals surface area contributed by atoms with Crippen molar-refractivity contribution in [1.82, 2.24) is 14.5 Å². The van der Waals surface area contributed by atoms with Gasteiger partial charge in [-0.15, -0.1) is 0 Å². The number of carbonyl (C=O) groups excluding carboxylic acids is 1. The van der Waals surface area contributed by atoms with E-state index < -0.39 is 0 Å². The van der Waals surface area contributed by atoms with Crippen LogP contribution in [0, 0.1) is 0 Å².